The molecular formula is C18H28O5. The molecule has 0 bridgehead atoms. The fraction of sp³-hybridized carbons (Fsp3) is 0.722. The Morgan fingerprint density at radius 3 is 2.96 bits per heavy atom. The number of aliphatic hydroxyl groups excluding tert-OH is 1. The highest BCUT2D eigenvalue weighted by Crippen LogP contribution is 2.47. The molecule has 1 fully saturated rings. The zero-order chi connectivity index (χ0) is 16.7. The molecule has 4 atom stereocenters. The summed E-state index contributed by atoms with van der Waals surface area (Å²) >= 11 is 0. The van der Waals surface area contributed by atoms with Crippen LogP contribution < -0.4 is 0 Å². The maximum Gasteiger partial charge on any atom is 0.305 e. The maximum atomic E-state index is 11.3. The molecule has 0 aromatic heterocycles. The van der Waals surface area contributed by atoms with E-state index < -0.39 is 0 Å². The van der Waals surface area contributed by atoms with Crippen LogP contribution in [0.3, 0.4) is 0 Å². The first kappa shape index (κ1) is 18.2. The minimum atomic E-state index is -0.279. The summed E-state index contributed by atoms with van der Waals surface area (Å²) in [5, 5.41) is 10.3. The number of carbonyl (C=O) groups excluding carboxylic acids is 1. The Morgan fingerprint density at radius 1 is 1.39 bits per heavy atom. The molecule has 0 aliphatic heterocycles. The molecule has 23 heavy (non-hydrogen) atoms. The van der Waals surface area contributed by atoms with Crippen molar-refractivity contribution in [2.45, 2.75) is 31.8 Å². The fourth-order valence-electron chi connectivity index (χ4n) is 3.65. The van der Waals surface area contributed by atoms with Crippen LogP contribution in [0.1, 0.15) is 25.7 Å². The van der Waals surface area contributed by atoms with E-state index in [1.165, 1.54) is 12.7 Å². The highest BCUT2D eigenvalue weighted by Gasteiger charge is 2.42. The molecule has 5 heteroatoms. The third kappa shape index (κ3) is 5.16. The Balaban J connectivity index is 1.82. The number of methoxy groups -OCH3 is 2. The first-order chi connectivity index (χ1) is 11.2. The zero-order valence-electron chi connectivity index (χ0n) is 14.1. The summed E-state index contributed by atoms with van der Waals surface area (Å²) in [6.07, 6.45) is 9.11. The van der Waals surface area contributed by atoms with E-state index in [-0.39, 0.29) is 18.0 Å². The summed E-state index contributed by atoms with van der Waals surface area (Å²) < 4.78 is 15.0. The summed E-state index contributed by atoms with van der Waals surface area (Å²) in [6, 6.07) is 0. The van der Waals surface area contributed by atoms with Crippen LogP contribution in [0.2, 0.25) is 0 Å². The average molecular weight is 324 g/mol. The van der Waals surface area contributed by atoms with Crippen LogP contribution in [0, 0.1) is 17.8 Å². The second-order valence-corrected chi connectivity index (χ2v) is 6.32. The molecule has 2 rings (SSSR count). The summed E-state index contributed by atoms with van der Waals surface area (Å²) in [4.78, 5) is 11.3. The molecule has 2 aliphatic carbocycles. The van der Waals surface area contributed by atoms with Crippen molar-refractivity contribution < 1.29 is 24.1 Å². The Kier molecular flexibility index (Phi) is 7.27. The number of esters is 1. The van der Waals surface area contributed by atoms with Crippen LogP contribution in [0.4, 0.5) is 0 Å². The molecule has 0 saturated heterocycles. The second kappa shape index (κ2) is 9.21. The predicted octanol–water partition coefficient (Wildman–Crippen LogP) is 2.10. The third-order valence-electron chi connectivity index (χ3n) is 4.81. The van der Waals surface area contributed by atoms with E-state index >= 15 is 0 Å². The van der Waals surface area contributed by atoms with Gasteiger partial charge in [0.15, 0.2) is 0 Å². The molecule has 0 amide bonds. The van der Waals surface area contributed by atoms with Crippen molar-refractivity contribution in [3.63, 3.8) is 0 Å². The van der Waals surface area contributed by atoms with Crippen molar-refractivity contribution in [3.05, 3.63) is 23.8 Å². The molecule has 1 saturated carbocycles. The molecule has 2 unspecified atom stereocenters. The van der Waals surface area contributed by atoms with Gasteiger partial charge in [-0.15, -0.1) is 0 Å². The summed E-state index contributed by atoms with van der Waals surface area (Å²) in [6.45, 7) is 1.72. The molecule has 1 N–H and O–H groups in total. The lowest BCUT2D eigenvalue weighted by molar-refractivity contribution is -0.140. The number of ether oxygens (including phenoxy) is 3. The zero-order valence-corrected chi connectivity index (χ0v) is 14.1. The van der Waals surface area contributed by atoms with Crippen LogP contribution in [0.5, 0.6) is 0 Å². The Labute approximate surface area is 138 Å². The molecule has 130 valence electrons. The van der Waals surface area contributed by atoms with Crippen molar-refractivity contribution in [1.29, 1.82) is 0 Å². The van der Waals surface area contributed by atoms with Crippen LogP contribution in [0.15, 0.2) is 23.8 Å². The van der Waals surface area contributed by atoms with Crippen molar-refractivity contribution in [2.75, 3.05) is 34.0 Å². The Hall–Kier alpha value is -1.17. The quantitative estimate of drug-likeness (QED) is 0.400. The van der Waals surface area contributed by atoms with Gasteiger partial charge in [0.05, 0.1) is 33.0 Å². The highest BCUT2D eigenvalue weighted by molar-refractivity contribution is 5.69. The van der Waals surface area contributed by atoms with Gasteiger partial charge in [0, 0.05) is 19.4 Å². The second-order valence-electron chi connectivity index (χ2n) is 6.32. The van der Waals surface area contributed by atoms with E-state index in [2.05, 4.69) is 12.2 Å². The number of rotatable bonds is 9. The number of hydrogen-bond acceptors (Lipinski definition) is 5. The van der Waals surface area contributed by atoms with Crippen LogP contribution in [0.25, 0.3) is 0 Å². The maximum absolute atomic E-state index is 11.3. The third-order valence-corrected chi connectivity index (χ3v) is 4.81. The lowest BCUT2D eigenvalue weighted by atomic mass is 9.92. The van der Waals surface area contributed by atoms with Gasteiger partial charge in [0.1, 0.15) is 0 Å². The van der Waals surface area contributed by atoms with Gasteiger partial charge in [-0.3, -0.25) is 4.79 Å². The molecule has 0 spiro atoms. The van der Waals surface area contributed by atoms with Crippen molar-refractivity contribution >= 4 is 5.97 Å². The molecular weight excluding hydrogens is 296 g/mol. The van der Waals surface area contributed by atoms with E-state index in [0.717, 1.165) is 19.3 Å². The molecule has 0 heterocycles. The van der Waals surface area contributed by atoms with Gasteiger partial charge < -0.3 is 19.3 Å². The monoisotopic (exact) mass is 324 g/mol. The van der Waals surface area contributed by atoms with Gasteiger partial charge in [0.2, 0.25) is 0 Å². The van der Waals surface area contributed by atoms with Gasteiger partial charge in [0.25, 0.3) is 0 Å². The van der Waals surface area contributed by atoms with Crippen LogP contribution in [-0.2, 0) is 19.0 Å². The summed E-state index contributed by atoms with van der Waals surface area (Å²) in [5.41, 5.74) is 1.33. The van der Waals surface area contributed by atoms with Crippen LogP contribution >= 0.6 is 0 Å². The molecule has 0 aromatic carbocycles. The SMILES string of the molecule is COCCOC/C=C/[C@@H]1C2C=C(CCC(=O)OC)CC2C[C@H]1O. The lowest BCUT2D eigenvalue weighted by Gasteiger charge is -2.15. The van der Waals surface area contributed by atoms with E-state index in [4.69, 9.17) is 14.2 Å². The van der Waals surface area contributed by atoms with Gasteiger partial charge in [-0.1, -0.05) is 23.8 Å². The molecule has 5 nitrogen and oxygen atoms in total. The van der Waals surface area contributed by atoms with Gasteiger partial charge >= 0.3 is 5.97 Å². The minimum absolute atomic E-state index is 0.154. The fourth-order valence-corrected chi connectivity index (χ4v) is 3.65. The van der Waals surface area contributed by atoms with Crippen molar-refractivity contribution in [1.82, 2.24) is 0 Å². The molecule has 0 radical (unpaired) electrons. The van der Waals surface area contributed by atoms with E-state index in [1.807, 2.05) is 6.08 Å². The van der Waals surface area contributed by atoms with E-state index in [0.29, 0.717) is 38.1 Å². The van der Waals surface area contributed by atoms with Crippen LogP contribution in [-0.4, -0.2) is 51.2 Å². The van der Waals surface area contributed by atoms with E-state index in [1.54, 1.807) is 7.11 Å². The minimum Gasteiger partial charge on any atom is -0.469 e. The Bertz CT molecular complexity index is 443. The summed E-state index contributed by atoms with van der Waals surface area (Å²) in [5.74, 6) is 0.879. The van der Waals surface area contributed by atoms with Crippen molar-refractivity contribution in [2.24, 2.45) is 17.8 Å². The first-order valence-corrected chi connectivity index (χ1v) is 8.33. The average Bonchev–Trinajstić information content (AvgIpc) is 3.06. The van der Waals surface area contributed by atoms with Crippen molar-refractivity contribution in [3.8, 4) is 0 Å². The first-order valence-electron chi connectivity index (χ1n) is 8.33. The van der Waals surface area contributed by atoms with Gasteiger partial charge in [-0.25, -0.2) is 0 Å². The smallest absolute Gasteiger partial charge is 0.305 e. The standard InChI is InChI=1S/C18H28O5/c1-21-8-9-23-7-3-4-15-16-11-13(5-6-18(20)22-2)10-14(16)12-17(15)19/h3-4,11,14-17,19H,5-10,12H2,1-2H3/b4-3+/t14?,15-,16?,17-/m1/s1. The van der Waals surface area contributed by atoms with Gasteiger partial charge in [-0.2, -0.15) is 0 Å². The lowest BCUT2D eigenvalue weighted by Crippen LogP contribution is -2.16. The Morgan fingerprint density at radius 2 is 2.22 bits per heavy atom. The number of carbonyl (C=O) groups is 1. The van der Waals surface area contributed by atoms with Gasteiger partial charge in [-0.05, 0) is 31.1 Å². The highest BCUT2D eigenvalue weighted by atomic mass is 16.5. The predicted molar refractivity (Wildman–Crippen MR) is 86.9 cm³/mol. The number of aliphatic hydroxyl groups is 1. The van der Waals surface area contributed by atoms with E-state index in [9.17, 15) is 9.90 Å². The number of fused-ring (bicyclic) bond motifs is 1. The largest absolute Gasteiger partial charge is 0.469 e. The molecule has 2 aliphatic rings. The number of hydrogen-bond donors (Lipinski definition) is 1. The summed E-state index contributed by atoms with van der Waals surface area (Å²) in [7, 11) is 3.07. The number of allylic oxidation sites excluding steroid dienone is 2. The molecule has 0 aromatic rings. The topological polar surface area (TPSA) is 65.0 Å². The normalized spacial score (nSPS) is 29.8.